The van der Waals surface area contributed by atoms with Gasteiger partial charge in [0.15, 0.2) is 0 Å². The highest BCUT2D eigenvalue weighted by Crippen LogP contribution is 2.31. The zero-order valence-electron chi connectivity index (χ0n) is 14.8. The maximum Gasteiger partial charge on any atom is 0.255 e. The molecular weight excluding hydrogens is 382 g/mol. The molecule has 0 N–H and O–H groups in total. The van der Waals surface area contributed by atoms with Crippen LogP contribution in [0.1, 0.15) is 29.1 Å². The van der Waals surface area contributed by atoms with Crippen LogP contribution in [0.25, 0.3) is 11.4 Å². The highest BCUT2D eigenvalue weighted by molar-refractivity contribution is 7.99. The summed E-state index contributed by atoms with van der Waals surface area (Å²) in [7, 11) is 0. The number of rotatable bonds is 5. The van der Waals surface area contributed by atoms with Crippen LogP contribution in [0.4, 0.5) is 0 Å². The molecule has 1 fully saturated rings. The first-order chi connectivity index (χ1) is 13.2. The summed E-state index contributed by atoms with van der Waals surface area (Å²) in [6.07, 6.45) is 0. The van der Waals surface area contributed by atoms with Gasteiger partial charge < -0.3 is 9.42 Å². The molecule has 1 aliphatic heterocycles. The summed E-state index contributed by atoms with van der Waals surface area (Å²) in [6, 6.07) is 15.1. The standard InChI is InChI=1S/C20H18ClN3O2S/c1-2-27-17-9-4-3-8-16(17)20(25)24-11-14(12-24)19-22-18(23-26-19)13-6-5-7-15(21)10-13/h3-10,14H,2,11-12H2,1H3. The topological polar surface area (TPSA) is 59.2 Å². The number of hydrogen-bond donors (Lipinski definition) is 0. The third kappa shape index (κ3) is 3.73. The maximum absolute atomic E-state index is 12.8. The van der Waals surface area contributed by atoms with Crippen molar-refractivity contribution >= 4 is 29.3 Å². The molecule has 0 aliphatic carbocycles. The Kier molecular flexibility index (Phi) is 5.18. The van der Waals surface area contributed by atoms with E-state index in [4.69, 9.17) is 16.1 Å². The Bertz CT molecular complexity index is 969. The zero-order valence-corrected chi connectivity index (χ0v) is 16.3. The predicted octanol–water partition coefficient (Wildman–Crippen LogP) is 4.74. The average molecular weight is 400 g/mol. The van der Waals surface area contributed by atoms with E-state index < -0.39 is 0 Å². The molecule has 2 heterocycles. The largest absolute Gasteiger partial charge is 0.339 e. The van der Waals surface area contributed by atoms with Gasteiger partial charge in [0.2, 0.25) is 11.7 Å². The van der Waals surface area contributed by atoms with Crippen molar-refractivity contribution in [1.29, 1.82) is 0 Å². The van der Waals surface area contributed by atoms with E-state index in [0.29, 0.717) is 29.8 Å². The summed E-state index contributed by atoms with van der Waals surface area (Å²) >= 11 is 7.70. The highest BCUT2D eigenvalue weighted by Gasteiger charge is 2.36. The van der Waals surface area contributed by atoms with Gasteiger partial charge in [0.25, 0.3) is 5.91 Å². The van der Waals surface area contributed by atoms with E-state index in [1.54, 1.807) is 23.9 Å². The number of aromatic nitrogens is 2. The molecule has 7 heteroatoms. The lowest BCUT2D eigenvalue weighted by Gasteiger charge is -2.37. The van der Waals surface area contributed by atoms with E-state index in [1.807, 2.05) is 41.3 Å². The molecule has 0 saturated carbocycles. The van der Waals surface area contributed by atoms with Crippen LogP contribution in [0, 0.1) is 0 Å². The lowest BCUT2D eigenvalue weighted by atomic mass is 9.98. The third-order valence-electron chi connectivity index (χ3n) is 4.46. The van der Waals surface area contributed by atoms with Crippen LogP contribution in [0.5, 0.6) is 0 Å². The van der Waals surface area contributed by atoms with Gasteiger partial charge in [-0.15, -0.1) is 11.8 Å². The molecule has 4 rings (SSSR count). The normalized spacial score (nSPS) is 14.2. The summed E-state index contributed by atoms with van der Waals surface area (Å²) in [5.74, 6) is 2.13. The van der Waals surface area contributed by atoms with Gasteiger partial charge in [-0.05, 0) is 30.0 Å². The minimum absolute atomic E-state index is 0.0531. The number of halogens is 1. The molecule has 0 radical (unpaired) electrons. The quantitative estimate of drug-likeness (QED) is 0.580. The second-order valence-electron chi connectivity index (χ2n) is 6.30. The van der Waals surface area contributed by atoms with Gasteiger partial charge in [-0.2, -0.15) is 4.98 Å². The van der Waals surface area contributed by atoms with E-state index in [2.05, 4.69) is 17.1 Å². The van der Waals surface area contributed by atoms with Crippen molar-refractivity contribution in [3.8, 4) is 11.4 Å². The van der Waals surface area contributed by atoms with Gasteiger partial charge in [-0.3, -0.25) is 4.79 Å². The molecule has 1 saturated heterocycles. The summed E-state index contributed by atoms with van der Waals surface area (Å²) in [5.41, 5.74) is 1.57. The van der Waals surface area contributed by atoms with Crippen molar-refractivity contribution < 1.29 is 9.32 Å². The minimum atomic E-state index is 0.0531. The Morgan fingerprint density at radius 1 is 1.26 bits per heavy atom. The number of amides is 1. The van der Waals surface area contributed by atoms with Crippen LogP contribution in [-0.4, -0.2) is 39.8 Å². The fourth-order valence-electron chi connectivity index (χ4n) is 3.04. The smallest absolute Gasteiger partial charge is 0.255 e. The van der Waals surface area contributed by atoms with Crippen molar-refractivity contribution in [2.75, 3.05) is 18.8 Å². The van der Waals surface area contributed by atoms with Gasteiger partial charge in [-0.1, -0.05) is 47.9 Å². The molecule has 1 amide bonds. The first-order valence-electron chi connectivity index (χ1n) is 8.76. The Hall–Kier alpha value is -2.31. The fraction of sp³-hybridized carbons (Fsp3) is 0.250. The lowest BCUT2D eigenvalue weighted by molar-refractivity contribution is 0.0565. The molecule has 5 nitrogen and oxygen atoms in total. The number of carbonyl (C=O) groups excluding carboxylic acids is 1. The molecule has 138 valence electrons. The summed E-state index contributed by atoms with van der Waals surface area (Å²) in [4.78, 5) is 20.1. The second-order valence-corrected chi connectivity index (χ2v) is 8.05. The number of benzene rings is 2. The van der Waals surface area contributed by atoms with E-state index in [1.165, 1.54) is 0 Å². The van der Waals surface area contributed by atoms with E-state index in [9.17, 15) is 4.79 Å². The Morgan fingerprint density at radius 2 is 2.07 bits per heavy atom. The monoisotopic (exact) mass is 399 g/mol. The van der Waals surface area contributed by atoms with Crippen molar-refractivity contribution in [3.05, 3.63) is 65.0 Å². The molecule has 0 bridgehead atoms. The Labute approximate surface area is 166 Å². The zero-order chi connectivity index (χ0) is 18.8. The van der Waals surface area contributed by atoms with Crippen LogP contribution < -0.4 is 0 Å². The van der Waals surface area contributed by atoms with Crippen molar-refractivity contribution in [3.63, 3.8) is 0 Å². The van der Waals surface area contributed by atoms with Crippen LogP contribution in [0.2, 0.25) is 5.02 Å². The van der Waals surface area contributed by atoms with Gasteiger partial charge in [0.05, 0.1) is 11.5 Å². The van der Waals surface area contributed by atoms with Gasteiger partial charge in [0, 0.05) is 28.6 Å². The van der Waals surface area contributed by atoms with Crippen molar-refractivity contribution in [2.45, 2.75) is 17.7 Å². The maximum atomic E-state index is 12.8. The van der Waals surface area contributed by atoms with Crippen molar-refractivity contribution in [1.82, 2.24) is 15.0 Å². The van der Waals surface area contributed by atoms with E-state index >= 15 is 0 Å². The summed E-state index contributed by atoms with van der Waals surface area (Å²) < 4.78 is 5.41. The predicted molar refractivity (Wildman–Crippen MR) is 106 cm³/mol. The summed E-state index contributed by atoms with van der Waals surface area (Å²) in [5, 5.41) is 4.67. The van der Waals surface area contributed by atoms with Crippen LogP contribution >= 0.6 is 23.4 Å². The van der Waals surface area contributed by atoms with Crippen LogP contribution in [-0.2, 0) is 0 Å². The fourth-order valence-corrected chi connectivity index (χ4v) is 4.03. The number of likely N-dealkylation sites (tertiary alicyclic amines) is 1. The molecule has 3 aromatic rings. The molecule has 0 unspecified atom stereocenters. The number of carbonyl (C=O) groups is 1. The first-order valence-corrected chi connectivity index (χ1v) is 10.1. The first kappa shape index (κ1) is 18.1. The molecule has 0 spiro atoms. The molecule has 27 heavy (non-hydrogen) atoms. The highest BCUT2D eigenvalue weighted by atomic mass is 35.5. The van der Waals surface area contributed by atoms with E-state index in [0.717, 1.165) is 21.8 Å². The van der Waals surface area contributed by atoms with Crippen LogP contribution in [0.15, 0.2) is 57.9 Å². The van der Waals surface area contributed by atoms with Crippen LogP contribution in [0.3, 0.4) is 0 Å². The molecular formula is C20H18ClN3O2S. The average Bonchev–Trinajstić information content (AvgIpc) is 3.11. The number of hydrogen-bond acceptors (Lipinski definition) is 5. The SMILES string of the molecule is CCSc1ccccc1C(=O)N1CC(c2nc(-c3cccc(Cl)c3)no2)C1. The number of nitrogens with zero attached hydrogens (tertiary/aromatic N) is 3. The lowest BCUT2D eigenvalue weighted by Crippen LogP contribution is -2.48. The molecule has 2 aromatic carbocycles. The number of thioether (sulfide) groups is 1. The Balaban J connectivity index is 1.44. The van der Waals surface area contributed by atoms with E-state index in [-0.39, 0.29) is 11.8 Å². The van der Waals surface area contributed by atoms with Gasteiger partial charge in [0.1, 0.15) is 0 Å². The second kappa shape index (κ2) is 7.74. The Morgan fingerprint density at radius 3 is 2.85 bits per heavy atom. The van der Waals surface area contributed by atoms with Gasteiger partial charge in [-0.25, -0.2) is 0 Å². The third-order valence-corrected chi connectivity index (χ3v) is 5.65. The molecule has 1 aliphatic rings. The van der Waals surface area contributed by atoms with Crippen molar-refractivity contribution in [2.24, 2.45) is 0 Å². The summed E-state index contributed by atoms with van der Waals surface area (Å²) in [6.45, 7) is 3.25. The molecule has 1 aromatic heterocycles. The minimum Gasteiger partial charge on any atom is -0.339 e. The van der Waals surface area contributed by atoms with Gasteiger partial charge >= 0.3 is 0 Å². The molecule has 0 atom stereocenters.